The molecule has 88 valence electrons. The zero-order chi connectivity index (χ0) is 12.4. The zero-order valence-electron chi connectivity index (χ0n) is 9.55. The zero-order valence-corrected chi connectivity index (χ0v) is 11.7. The van der Waals surface area contributed by atoms with Crippen molar-refractivity contribution in [3.8, 4) is 0 Å². The van der Waals surface area contributed by atoms with Gasteiger partial charge in [-0.25, -0.2) is 4.79 Å². The molecule has 0 aliphatic carbocycles. The summed E-state index contributed by atoms with van der Waals surface area (Å²) in [5.74, 6) is 0. The fraction of sp³-hybridized carbons (Fsp3) is 0.167. The summed E-state index contributed by atoms with van der Waals surface area (Å²) in [4.78, 5) is 23.5. The van der Waals surface area contributed by atoms with Crippen molar-refractivity contribution in [2.75, 3.05) is 0 Å². The number of aryl methyl sites for hydroxylation is 1. The maximum atomic E-state index is 11.9. The van der Waals surface area contributed by atoms with Crippen LogP contribution in [0, 0.1) is 7.14 Å². The van der Waals surface area contributed by atoms with Crippen molar-refractivity contribution in [3.63, 3.8) is 0 Å². The molecule has 0 spiro atoms. The summed E-state index contributed by atoms with van der Waals surface area (Å²) in [5.41, 5.74) is -0.458. The molecule has 0 N–H and O–H groups in total. The molecule has 0 bridgehead atoms. The molecule has 1 aromatic carbocycles. The fourth-order valence-corrected chi connectivity index (χ4v) is 4.02. The first-order valence-electron chi connectivity index (χ1n) is 5.06. The van der Waals surface area contributed by atoms with Gasteiger partial charge in [0.15, 0.2) is 3.57 Å². The predicted molar refractivity (Wildman–Crippen MR) is 60.8 cm³/mol. The molecule has 0 amide bonds. The second kappa shape index (κ2) is 4.87. The highest BCUT2D eigenvalue weighted by molar-refractivity contribution is 4.99. The van der Waals surface area contributed by atoms with E-state index in [0.717, 1.165) is 8.14 Å². The molecule has 0 aliphatic rings. The minimum atomic E-state index is -0.532. The highest BCUT2D eigenvalue weighted by atomic mass is 127. The lowest BCUT2D eigenvalue weighted by Crippen LogP contribution is -3.62. The third kappa shape index (κ3) is 2.49. The van der Waals surface area contributed by atoms with Crippen LogP contribution in [0.15, 0.2) is 46.1 Å². The minimum Gasteiger partial charge on any atom is -0.299 e. The lowest BCUT2D eigenvalue weighted by Gasteiger charge is -1.99. The Kier molecular flexibility index (Phi) is 3.46. The topological polar surface area (TPSA) is 44.0 Å². The molecule has 4 nitrogen and oxygen atoms in total. The molecule has 1 aromatic heterocycles. The Morgan fingerprint density at radius 3 is 2.35 bits per heavy atom. The van der Waals surface area contributed by atoms with Gasteiger partial charge in [-0.2, -0.15) is 0 Å². The summed E-state index contributed by atoms with van der Waals surface area (Å²) >= 11 is -0.532. The number of aromatic nitrogens is 2. The van der Waals surface area contributed by atoms with Gasteiger partial charge >= 0.3 is 32.5 Å². The molecule has 0 fully saturated rings. The van der Waals surface area contributed by atoms with Crippen molar-refractivity contribution in [1.29, 1.82) is 0 Å². The number of hydrogen-bond acceptors (Lipinski definition) is 2. The third-order valence-electron chi connectivity index (χ3n) is 2.35. The Hall–Kier alpha value is -1.37. The lowest BCUT2D eigenvalue weighted by atomic mass is 10.4. The molecule has 0 saturated carbocycles. The largest absolute Gasteiger partial charge is 0.365 e. The standard InChI is InChI=1S/C12H12IN2O2/c1-14-8-10(11(16)15(2)12(14)17)13-9-6-4-3-5-7-9/h3-8H,1-2H3/q+1. The first-order valence-corrected chi connectivity index (χ1v) is 7.22. The average Bonchev–Trinajstić information content (AvgIpc) is 2.35. The van der Waals surface area contributed by atoms with Crippen molar-refractivity contribution in [2.45, 2.75) is 0 Å². The highest BCUT2D eigenvalue weighted by Crippen LogP contribution is 1.82. The van der Waals surface area contributed by atoms with E-state index in [2.05, 4.69) is 0 Å². The average molecular weight is 343 g/mol. The van der Waals surface area contributed by atoms with Crippen molar-refractivity contribution in [2.24, 2.45) is 14.1 Å². The van der Waals surface area contributed by atoms with Gasteiger partial charge in [0, 0.05) is 14.1 Å². The highest BCUT2D eigenvalue weighted by Gasteiger charge is 2.22. The van der Waals surface area contributed by atoms with Gasteiger partial charge in [0.25, 0.3) is 3.57 Å². The maximum Gasteiger partial charge on any atom is 0.365 e. The van der Waals surface area contributed by atoms with Gasteiger partial charge in [-0.05, 0) is 12.1 Å². The number of hydrogen-bond donors (Lipinski definition) is 0. The van der Waals surface area contributed by atoms with E-state index in [4.69, 9.17) is 0 Å². The van der Waals surface area contributed by atoms with E-state index in [1.165, 1.54) is 15.2 Å². The van der Waals surface area contributed by atoms with Crippen LogP contribution in [-0.2, 0) is 14.1 Å². The molecule has 2 rings (SSSR count). The van der Waals surface area contributed by atoms with Crippen molar-refractivity contribution in [3.05, 3.63) is 64.5 Å². The van der Waals surface area contributed by atoms with E-state index >= 15 is 0 Å². The van der Waals surface area contributed by atoms with Crippen molar-refractivity contribution < 1.29 is 21.2 Å². The number of benzene rings is 1. The maximum absolute atomic E-state index is 11.9. The van der Waals surface area contributed by atoms with Crippen molar-refractivity contribution >= 4 is 0 Å². The van der Waals surface area contributed by atoms with E-state index in [0.29, 0.717) is 0 Å². The molecule has 0 saturated heterocycles. The molecule has 0 aliphatic heterocycles. The van der Waals surface area contributed by atoms with Gasteiger partial charge in [-0.15, -0.1) is 0 Å². The van der Waals surface area contributed by atoms with Crippen LogP contribution in [0.1, 0.15) is 0 Å². The van der Waals surface area contributed by atoms with Crippen LogP contribution in [-0.4, -0.2) is 9.13 Å². The molecular weight excluding hydrogens is 331 g/mol. The van der Waals surface area contributed by atoms with Gasteiger partial charge in [0.2, 0.25) is 0 Å². The fourth-order valence-electron chi connectivity index (χ4n) is 1.42. The Balaban J connectivity index is 2.48. The molecule has 0 unspecified atom stereocenters. The summed E-state index contributed by atoms with van der Waals surface area (Å²) in [7, 11) is 3.18. The molecule has 17 heavy (non-hydrogen) atoms. The van der Waals surface area contributed by atoms with Crippen LogP contribution < -0.4 is 32.5 Å². The Morgan fingerprint density at radius 1 is 1.06 bits per heavy atom. The van der Waals surface area contributed by atoms with E-state index < -0.39 is 21.2 Å². The van der Waals surface area contributed by atoms with E-state index in [-0.39, 0.29) is 11.2 Å². The number of halogens is 1. The Bertz CT molecular complexity index is 644. The Morgan fingerprint density at radius 2 is 1.71 bits per heavy atom. The second-order valence-corrected chi connectivity index (χ2v) is 6.57. The molecule has 0 atom stereocenters. The van der Waals surface area contributed by atoms with E-state index in [9.17, 15) is 9.59 Å². The normalized spacial score (nSPS) is 10.5. The quantitative estimate of drug-likeness (QED) is 0.554. The van der Waals surface area contributed by atoms with Gasteiger partial charge in [0.05, 0.1) is 6.20 Å². The van der Waals surface area contributed by atoms with E-state index in [1.807, 2.05) is 30.3 Å². The molecule has 5 heteroatoms. The van der Waals surface area contributed by atoms with Crippen molar-refractivity contribution in [1.82, 2.24) is 9.13 Å². The molecule has 1 heterocycles. The van der Waals surface area contributed by atoms with Gasteiger partial charge in [0.1, 0.15) is 0 Å². The first kappa shape index (κ1) is 12.1. The van der Waals surface area contributed by atoms with Crippen LogP contribution >= 0.6 is 0 Å². The third-order valence-corrected chi connectivity index (χ3v) is 5.01. The number of rotatable bonds is 2. The van der Waals surface area contributed by atoms with Crippen LogP contribution in [0.3, 0.4) is 0 Å². The predicted octanol–water partition coefficient (Wildman–Crippen LogP) is -2.79. The summed E-state index contributed by atoms with van der Waals surface area (Å²) in [5, 5.41) is 0. The summed E-state index contributed by atoms with van der Waals surface area (Å²) in [6.07, 6.45) is 1.66. The SMILES string of the molecule is Cn1cc([I+]c2ccccc2)c(=O)n(C)c1=O. The van der Waals surface area contributed by atoms with Crippen LogP contribution in [0.2, 0.25) is 0 Å². The van der Waals surface area contributed by atoms with Crippen LogP contribution in [0.4, 0.5) is 0 Å². The summed E-state index contributed by atoms with van der Waals surface area (Å²) in [6, 6.07) is 9.89. The number of nitrogens with zero attached hydrogens (tertiary/aromatic N) is 2. The van der Waals surface area contributed by atoms with Crippen LogP contribution in [0.5, 0.6) is 0 Å². The van der Waals surface area contributed by atoms with Gasteiger partial charge in [-0.3, -0.25) is 13.9 Å². The second-order valence-electron chi connectivity index (χ2n) is 3.62. The molecular formula is C12H12IN2O2+. The van der Waals surface area contributed by atoms with Crippen LogP contribution in [0.25, 0.3) is 0 Å². The minimum absolute atomic E-state index is 0.176. The molecule has 2 aromatic rings. The monoisotopic (exact) mass is 343 g/mol. The Labute approximate surface area is 109 Å². The smallest absolute Gasteiger partial charge is 0.299 e. The van der Waals surface area contributed by atoms with Gasteiger partial charge in [-0.1, -0.05) is 18.2 Å². The first-order chi connectivity index (χ1) is 8.09. The summed E-state index contributed by atoms with van der Waals surface area (Å²) in [6.45, 7) is 0. The summed E-state index contributed by atoms with van der Waals surface area (Å²) < 4.78 is 4.53. The molecule has 0 radical (unpaired) electrons. The van der Waals surface area contributed by atoms with E-state index in [1.54, 1.807) is 13.2 Å². The van der Waals surface area contributed by atoms with Gasteiger partial charge < -0.3 is 0 Å². The lowest BCUT2D eigenvalue weighted by molar-refractivity contribution is -0.600.